The molecule has 2 aromatic rings. The van der Waals surface area contributed by atoms with E-state index in [2.05, 4.69) is 25.7 Å². The molecule has 1 aromatic heterocycles. The number of rotatable bonds is 4. The van der Waals surface area contributed by atoms with Crippen LogP contribution in [0.5, 0.6) is 0 Å². The Balaban J connectivity index is 2.21. The summed E-state index contributed by atoms with van der Waals surface area (Å²) in [4.78, 5) is 13.9. The number of benzene rings is 1. The monoisotopic (exact) mass is 275 g/mol. The number of halogens is 1. The lowest BCUT2D eigenvalue weighted by molar-refractivity contribution is 0.627. The third kappa shape index (κ3) is 3.25. The van der Waals surface area contributed by atoms with Gasteiger partial charge in [0.15, 0.2) is 0 Å². The van der Waals surface area contributed by atoms with Gasteiger partial charge in [-0.3, -0.25) is 9.78 Å². The second-order valence-electron chi connectivity index (χ2n) is 4.12. The van der Waals surface area contributed by atoms with Gasteiger partial charge in [-0.05, 0) is 31.0 Å². The fourth-order valence-electron chi connectivity index (χ4n) is 1.55. The summed E-state index contributed by atoms with van der Waals surface area (Å²) in [6.07, 6.45) is 0.641. The van der Waals surface area contributed by atoms with Gasteiger partial charge in [0.1, 0.15) is 11.5 Å². The van der Waals surface area contributed by atoms with E-state index in [-0.39, 0.29) is 23.0 Å². The first-order valence-electron chi connectivity index (χ1n) is 6.12. The highest BCUT2D eigenvalue weighted by molar-refractivity contribution is 6.00. The van der Waals surface area contributed by atoms with E-state index in [1.165, 1.54) is 12.1 Å². The molecule has 0 aliphatic carbocycles. The summed E-state index contributed by atoms with van der Waals surface area (Å²) in [7, 11) is 0. The first-order chi connectivity index (χ1) is 9.60. The summed E-state index contributed by atoms with van der Waals surface area (Å²) in [6, 6.07) is 6.02. The van der Waals surface area contributed by atoms with Crippen LogP contribution >= 0.6 is 0 Å². The SMILES string of the molecule is CC/C(=N/Nc1nnc(C)c(=O)[nH]1)c1ccc(F)cc1. The zero-order chi connectivity index (χ0) is 14.5. The van der Waals surface area contributed by atoms with Crippen molar-refractivity contribution in [2.45, 2.75) is 20.3 Å². The molecule has 0 saturated heterocycles. The van der Waals surface area contributed by atoms with Crippen molar-refractivity contribution in [2.24, 2.45) is 5.10 Å². The first-order valence-corrected chi connectivity index (χ1v) is 6.12. The average Bonchev–Trinajstić information content (AvgIpc) is 2.45. The number of aryl methyl sites for hydroxylation is 1. The van der Waals surface area contributed by atoms with Gasteiger partial charge in [-0.25, -0.2) is 9.82 Å². The summed E-state index contributed by atoms with van der Waals surface area (Å²) in [5, 5.41) is 11.6. The number of hydrazone groups is 1. The molecule has 0 saturated carbocycles. The third-order valence-corrected chi connectivity index (χ3v) is 2.67. The number of aromatic nitrogens is 3. The van der Waals surface area contributed by atoms with E-state index in [0.29, 0.717) is 12.1 Å². The zero-order valence-corrected chi connectivity index (χ0v) is 11.1. The zero-order valence-electron chi connectivity index (χ0n) is 11.1. The minimum Gasteiger partial charge on any atom is -0.288 e. The largest absolute Gasteiger partial charge is 0.288 e. The predicted molar refractivity (Wildman–Crippen MR) is 74.2 cm³/mol. The Kier molecular flexibility index (Phi) is 4.19. The molecule has 20 heavy (non-hydrogen) atoms. The maximum atomic E-state index is 12.9. The molecule has 0 aliphatic rings. The molecule has 0 spiro atoms. The van der Waals surface area contributed by atoms with Gasteiger partial charge in [-0.2, -0.15) is 5.10 Å². The van der Waals surface area contributed by atoms with Crippen molar-refractivity contribution in [1.82, 2.24) is 15.2 Å². The summed E-state index contributed by atoms with van der Waals surface area (Å²) < 4.78 is 12.9. The van der Waals surface area contributed by atoms with E-state index in [4.69, 9.17) is 0 Å². The number of anilines is 1. The van der Waals surface area contributed by atoms with Gasteiger partial charge in [0.05, 0.1) is 5.71 Å². The highest BCUT2D eigenvalue weighted by Gasteiger charge is 2.03. The van der Waals surface area contributed by atoms with Gasteiger partial charge < -0.3 is 0 Å². The molecule has 0 radical (unpaired) electrons. The van der Waals surface area contributed by atoms with Crippen LogP contribution in [0.3, 0.4) is 0 Å². The number of hydrogen-bond donors (Lipinski definition) is 2. The summed E-state index contributed by atoms with van der Waals surface area (Å²) in [5.41, 5.74) is 4.12. The second kappa shape index (κ2) is 6.05. The van der Waals surface area contributed by atoms with Crippen LogP contribution in [0.25, 0.3) is 0 Å². The summed E-state index contributed by atoms with van der Waals surface area (Å²) in [5.74, 6) is -0.139. The highest BCUT2D eigenvalue weighted by Crippen LogP contribution is 2.07. The van der Waals surface area contributed by atoms with Crippen molar-refractivity contribution in [1.29, 1.82) is 0 Å². The molecule has 0 unspecified atom stereocenters. The van der Waals surface area contributed by atoms with Crippen LogP contribution < -0.4 is 11.0 Å². The molecule has 1 heterocycles. The fraction of sp³-hybridized carbons (Fsp3) is 0.231. The lowest BCUT2D eigenvalue weighted by Crippen LogP contribution is -2.16. The molecule has 0 bridgehead atoms. The van der Waals surface area contributed by atoms with Gasteiger partial charge in [-0.1, -0.05) is 19.1 Å². The van der Waals surface area contributed by atoms with Crippen LogP contribution in [0.1, 0.15) is 24.6 Å². The molecule has 1 aromatic carbocycles. The topological polar surface area (TPSA) is 83.0 Å². The Morgan fingerprint density at radius 1 is 1.35 bits per heavy atom. The molecule has 2 rings (SSSR count). The Labute approximate surface area is 114 Å². The molecule has 0 amide bonds. The maximum Gasteiger partial charge on any atom is 0.274 e. The van der Waals surface area contributed by atoms with Crippen LogP contribution in [-0.4, -0.2) is 20.9 Å². The van der Waals surface area contributed by atoms with E-state index in [1.54, 1.807) is 19.1 Å². The quantitative estimate of drug-likeness (QED) is 0.658. The van der Waals surface area contributed by atoms with Crippen LogP contribution in [-0.2, 0) is 0 Å². The normalized spacial score (nSPS) is 11.4. The van der Waals surface area contributed by atoms with E-state index < -0.39 is 0 Å². The minimum atomic E-state index is -0.322. The van der Waals surface area contributed by atoms with Crippen molar-refractivity contribution >= 4 is 11.7 Å². The lowest BCUT2D eigenvalue weighted by atomic mass is 10.1. The minimum absolute atomic E-state index is 0.161. The van der Waals surface area contributed by atoms with Gasteiger partial charge in [0.2, 0.25) is 5.95 Å². The van der Waals surface area contributed by atoms with Crippen molar-refractivity contribution < 1.29 is 4.39 Å². The van der Waals surface area contributed by atoms with Gasteiger partial charge in [0, 0.05) is 0 Å². The fourth-order valence-corrected chi connectivity index (χ4v) is 1.55. The Bertz CT molecular complexity index is 678. The van der Waals surface area contributed by atoms with Crippen LogP contribution in [0, 0.1) is 12.7 Å². The van der Waals surface area contributed by atoms with Crippen molar-refractivity contribution in [2.75, 3.05) is 5.43 Å². The molecule has 0 fully saturated rings. The Morgan fingerprint density at radius 2 is 2.05 bits per heavy atom. The highest BCUT2D eigenvalue weighted by atomic mass is 19.1. The number of hydrogen-bond acceptors (Lipinski definition) is 5. The second-order valence-corrected chi connectivity index (χ2v) is 4.12. The van der Waals surface area contributed by atoms with Crippen molar-refractivity contribution in [3.63, 3.8) is 0 Å². The average molecular weight is 275 g/mol. The smallest absolute Gasteiger partial charge is 0.274 e. The van der Waals surface area contributed by atoms with Crippen LogP contribution in [0.4, 0.5) is 10.3 Å². The molecular formula is C13H14FN5O. The van der Waals surface area contributed by atoms with E-state index in [0.717, 1.165) is 5.56 Å². The molecule has 6 nitrogen and oxygen atoms in total. The molecule has 0 aliphatic heterocycles. The third-order valence-electron chi connectivity index (χ3n) is 2.67. The number of nitrogens with one attached hydrogen (secondary N) is 2. The van der Waals surface area contributed by atoms with E-state index in [9.17, 15) is 9.18 Å². The number of H-pyrrole nitrogens is 1. The summed E-state index contributed by atoms with van der Waals surface area (Å²) in [6.45, 7) is 3.49. The standard InChI is InChI=1S/C13H14FN5O/c1-3-11(9-4-6-10(14)7-5-9)17-19-13-15-12(20)8(2)16-18-13/h4-7H,3H2,1-2H3,(H2,15,18,19,20)/b17-11-. The molecule has 104 valence electrons. The Hall–Kier alpha value is -2.57. The Morgan fingerprint density at radius 3 is 2.65 bits per heavy atom. The molecular weight excluding hydrogens is 261 g/mol. The summed E-state index contributed by atoms with van der Waals surface area (Å²) >= 11 is 0. The molecule has 0 atom stereocenters. The number of aromatic amines is 1. The van der Waals surface area contributed by atoms with Crippen LogP contribution in [0.15, 0.2) is 34.2 Å². The van der Waals surface area contributed by atoms with Crippen LogP contribution in [0.2, 0.25) is 0 Å². The van der Waals surface area contributed by atoms with Gasteiger partial charge in [-0.15, -0.1) is 10.2 Å². The van der Waals surface area contributed by atoms with E-state index >= 15 is 0 Å². The van der Waals surface area contributed by atoms with Crippen molar-refractivity contribution in [3.8, 4) is 0 Å². The number of nitrogens with zero attached hydrogens (tertiary/aromatic N) is 3. The lowest BCUT2D eigenvalue weighted by Gasteiger charge is -2.05. The van der Waals surface area contributed by atoms with Gasteiger partial charge in [0.25, 0.3) is 5.56 Å². The van der Waals surface area contributed by atoms with Gasteiger partial charge >= 0.3 is 0 Å². The molecule has 7 heteroatoms. The van der Waals surface area contributed by atoms with Crippen molar-refractivity contribution in [3.05, 3.63) is 51.7 Å². The van der Waals surface area contributed by atoms with E-state index in [1.807, 2.05) is 6.92 Å². The first kappa shape index (κ1) is 13.9. The predicted octanol–water partition coefficient (Wildman–Crippen LogP) is 1.84. The maximum absolute atomic E-state index is 12.9. The molecule has 2 N–H and O–H groups in total.